The third-order valence-corrected chi connectivity index (χ3v) is 4.95. The Morgan fingerprint density at radius 2 is 1.90 bits per heavy atom. The molecule has 120 valence electrons. The Kier molecular flexibility index (Phi) is 5.08. The first-order chi connectivity index (χ1) is 9.93. The topological polar surface area (TPSA) is 87.7 Å². The van der Waals surface area contributed by atoms with Gasteiger partial charge in [0.15, 0.2) is 0 Å². The van der Waals surface area contributed by atoms with Crippen LogP contribution in [0.4, 0.5) is 4.79 Å². The number of carbonyl (C=O) groups excluding carboxylic acids is 1. The third-order valence-electron chi connectivity index (χ3n) is 4.95. The smallest absolute Gasteiger partial charge is 0.329 e. The van der Waals surface area contributed by atoms with Crippen molar-refractivity contribution < 1.29 is 19.4 Å². The molecule has 2 unspecified atom stereocenters. The van der Waals surface area contributed by atoms with Gasteiger partial charge in [-0.2, -0.15) is 0 Å². The average molecular weight is 298 g/mol. The lowest BCUT2D eigenvalue weighted by Gasteiger charge is -2.36. The second kappa shape index (κ2) is 6.64. The van der Waals surface area contributed by atoms with Gasteiger partial charge in [-0.05, 0) is 44.9 Å². The zero-order valence-electron chi connectivity index (χ0n) is 12.9. The van der Waals surface area contributed by atoms with Crippen LogP contribution in [0.5, 0.6) is 0 Å². The molecule has 2 atom stereocenters. The van der Waals surface area contributed by atoms with Crippen LogP contribution in [0.25, 0.3) is 0 Å². The number of nitrogens with one attached hydrogen (secondary N) is 2. The quantitative estimate of drug-likeness (QED) is 0.738. The van der Waals surface area contributed by atoms with Crippen LogP contribution < -0.4 is 10.6 Å². The van der Waals surface area contributed by atoms with Crippen LogP contribution in [0.1, 0.15) is 46.0 Å². The van der Waals surface area contributed by atoms with Crippen LogP contribution in [-0.4, -0.2) is 41.9 Å². The number of carboxylic acid groups (broad SMARTS) is 1. The van der Waals surface area contributed by atoms with Gasteiger partial charge in [0, 0.05) is 19.1 Å². The molecule has 0 aromatic heterocycles. The summed E-state index contributed by atoms with van der Waals surface area (Å²) in [7, 11) is 0. The van der Waals surface area contributed by atoms with Crippen LogP contribution in [-0.2, 0) is 9.53 Å². The van der Waals surface area contributed by atoms with Gasteiger partial charge in [-0.15, -0.1) is 0 Å². The first kappa shape index (κ1) is 16.1. The fourth-order valence-corrected chi connectivity index (χ4v) is 3.18. The molecule has 0 radical (unpaired) electrons. The summed E-state index contributed by atoms with van der Waals surface area (Å²) in [6, 6.07) is -0.383. The summed E-state index contributed by atoms with van der Waals surface area (Å²) in [6.07, 6.45) is 3.75. The van der Waals surface area contributed by atoms with E-state index < -0.39 is 11.5 Å². The van der Waals surface area contributed by atoms with Gasteiger partial charge in [0.25, 0.3) is 0 Å². The van der Waals surface area contributed by atoms with Crippen LogP contribution in [0, 0.1) is 11.8 Å². The minimum absolute atomic E-state index is 0.147. The highest BCUT2D eigenvalue weighted by Gasteiger charge is 2.42. The molecule has 3 N–H and O–H groups in total. The second-order valence-electron chi connectivity index (χ2n) is 6.53. The van der Waals surface area contributed by atoms with E-state index in [0.717, 1.165) is 25.9 Å². The van der Waals surface area contributed by atoms with Gasteiger partial charge in [0.05, 0.1) is 6.10 Å². The Bertz CT molecular complexity index is 391. The summed E-state index contributed by atoms with van der Waals surface area (Å²) >= 11 is 0. The number of hydrogen-bond acceptors (Lipinski definition) is 3. The van der Waals surface area contributed by atoms with Crippen molar-refractivity contribution in [2.24, 2.45) is 11.8 Å². The highest BCUT2D eigenvalue weighted by Crippen LogP contribution is 2.32. The maximum Gasteiger partial charge on any atom is 0.329 e. The second-order valence-corrected chi connectivity index (χ2v) is 6.53. The number of aliphatic carboxylic acids is 1. The molecule has 21 heavy (non-hydrogen) atoms. The zero-order chi connectivity index (χ0) is 15.5. The third kappa shape index (κ3) is 3.87. The molecule has 2 aliphatic rings. The normalized spacial score (nSPS) is 36.2. The average Bonchev–Trinajstić information content (AvgIpc) is 2.84. The van der Waals surface area contributed by atoms with Crippen molar-refractivity contribution in [1.29, 1.82) is 0 Å². The van der Waals surface area contributed by atoms with E-state index in [2.05, 4.69) is 17.6 Å². The molecule has 1 aliphatic carbocycles. The predicted octanol–water partition coefficient (Wildman–Crippen LogP) is 1.74. The molecule has 2 rings (SSSR count). The molecule has 0 aromatic carbocycles. The molecule has 0 bridgehead atoms. The molecule has 2 amide bonds. The van der Waals surface area contributed by atoms with Crippen molar-refractivity contribution in [3.05, 3.63) is 0 Å². The number of urea groups is 1. The molecule has 0 aromatic rings. The highest BCUT2D eigenvalue weighted by atomic mass is 16.5. The van der Waals surface area contributed by atoms with Gasteiger partial charge >= 0.3 is 12.0 Å². The molecule has 1 saturated carbocycles. The molecule has 0 spiro atoms. The SMILES string of the molecule is CC1CCC(NC(=O)NCC2CCOC2C)(C(=O)O)CC1. The number of hydrogen-bond donors (Lipinski definition) is 3. The Labute approximate surface area is 125 Å². The number of amides is 2. The fourth-order valence-electron chi connectivity index (χ4n) is 3.18. The van der Waals surface area contributed by atoms with E-state index >= 15 is 0 Å². The molecule has 6 nitrogen and oxygen atoms in total. The lowest BCUT2D eigenvalue weighted by molar-refractivity contribution is -0.146. The van der Waals surface area contributed by atoms with Crippen LogP contribution in [0.2, 0.25) is 0 Å². The molecule has 6 heteroatoms. The summed E-state index contributed by atoms with van der Waals surface area (Å²) in [5.74, 6) is -0.0937. The number of carboxylic acids is 1. The number of rotatable bonds is 4. The Balaban J connectivity index is 1.85. The van der Waals surface area contributed by atoms with Gasteiger partial charge in [-0.1, -0.05) is 6.92 Å². The summed E-state index contributed by atoms with van der Waals surface area (Å²) < 4.78 is 5.45. The van der Waals surface area contributed by atoms with E-state index in [1.807, 2.05) is 6.92 Å². The van der Waals surface area contributed by atoms with Crippen molar-refractivity contribution in [2.45, 2.75) is 57.6 Å². The number of ether oxygens (including phenoxy) is 1. The van der Waals surface area contributed by atoms with E-state index in [1.54, 1.807) is 0 Å². The van der Waals surface area contributed by atoms with E-state index in [0.29, 0.717) is 31.2 Å². The lowest BCUT2D eigenvalue weighted by atomic mass is 9.77. The highest BCUT2D eigenvalue weighted by molar-refractivity contribution is 5.86. The van der Waals surface area contributed by atoms with E-state index in [-0.39, 0.29) is 12.1 Å². The van der Waals surface area contributed by atoms with Crippen LogP contribution in [0.3, 0.4) is 0 Å². The molecule has 1 heterocycles. The summed E-state index contributed by atoms with van der Waals surface area (Å²) in [5, 5.41) is 15.0. The van der Waals surface area contributed by atoms with Crippen molar-refractivity contribution in [3.63, 3.8) is 0 Å². The van der Waals surface area contributed by atoms with Crippen LogP contribution in [0.15, 0.2) is 0 Å². The molecular formula is C15H26N2O4. The maximum absolute atomic E-state index is 12.0. The first-order valence-electron chi connectivity index (χ1n) is 7.84. The molecule has 1 saturated heterocycles. The minimum atomic E-state index is -1.10. The van der Waals surface area contributed by atoms with E-state index in [4.69, 9.17) is 4.74 Å². The lowest BCUT2D eigenvalue weighted by Crippen LogP contribution is -2.59. The van der Waals surface area contributed by atoms with Gasteiger partial charge in [0.1, 0.15) is 5.54 Å². The Morgan fingerprint density at radius 1 is 1.24 bits per heavy atom. The fraction of sp³-hybridized carbons (Fsp3) is 0.867. The monoisotopic (exact) mass is 298 g/mol. The maximum atomic E-state index is 12.0. The van der Waals surface area contributed by atoms with Gasteiger partial charge in [0.2, 0.25) is 0 Å². The van der Waals surface area contributed by atoms with Gasteiger partial charge < -0.3 is 20.5 Å². The van der Waals surface area contributed by atoms with Crippen molar-refractivity contribution in [3.8, 4) is 0 Å². The van der Waals surface area contributed by atoms with E-state index in [9.17, 15) is 14.7 Å². The molecule has 1 aliphatic heterocycles. The van der Waals surface area contributed by atoms with Crippen LogP contribution >= 0.6 is 0 Å². The van der Waals surface area contributed by atoms with Gasteiger partial charge in [-0.3, -0.25) is 0 Å². The minimum Gasteiger partial charge on any atom is -0.480 e. The molecule has 2 fully saturated rings. The summed E-state index contributed by atoms with van der Waals surface area (Å²) in [6.45, 7) is 5.37. The largest absolute Gasteiger partial charge is 0.480 e. The number of carbonyl (C=O) groups is 2. The Morgan fingerprint density at radius 3 is 2.43 bits per heavy atom. The van der Waals surface area contributed by atoms with E-state index in [1.165, 1.54) is 0 Å². The van der Waals surface area contributed by atoms with Crippen molar-refractivity contribution >= 4 is 12.0 Å². The first-order valence-corrected chi connectivity index (χ1v) is 7.84. The summed E-state index contributed by atoms with van der Waals surface area (Å²) in [4.78, 5) is 23.6. The standard InChI is InChI=1S/C15H26N2O4/c1-10-3-6-15(7-4-10,13(18)19)17-14(20)16-9-12-5-8-21-11(12)2/h10-12H,3-9H2,1-2H3,(H,18,19)(H2,16,17,20). The summed E-state index contributed by atoms with van der Waals surface area (Å²) in [5.41, 5.74) is -1.10. The predicted molar refractivity (Wildman–Crippen MR) is 78.1 cm³/mol. The molecular weight excluding hydrogens is 272 g/mol. The van der Waals surface area contributed by atoms with Gasteiger partial charge in [-0.25, -0.2) is 9.59 Å². The van der Waals surface area contributed by atoms with Crippen molar-refractivity contribution in [2.75, 3.05) is 13.2 Å². The van der Waals surface area contributed by atoms with Crippen molar-refractivity contribution in [1.82, 2.24) is 10.6 Å². The zero-order valence-corrected chi connectivity index (χ0v) is 12.9. The Hall–Kier alpha value is -1.30.